The van der Waals surface area contributed by atoms with E-state index in [2.05, 4.69) is 0 Å². The lowest BCUT2D eigenvalue weighted by molar-refractivity contribution is 0.0434. The van der Waals surface area contributed by atoms with E-state index in [1.807, 2.05) is 35.2 Å². The molecular formula is C16H16N2O2S. The van der Waals surface area contributed by atoms with Gasteiger partial charge >= 0.3 is 5.97 Å². The molecule has 2 aromatic heterocycles. The van der Waals surface area contributed by atoms with E-state index in [9.17, 15) is 4.79 Å². The predicted molar refractivity (Wildman–Crippen MR) is 80.8 cm³/mol. The third-order valence-corrected chi connectivity index (χ3v) is 4.97. The summed E-state index contributed by atoms with van der Waals surface area (Å²) in [5, 5.41) is 9.75. The fourth-order valence-electron chi connectivity index (χ4n) is 2.66. The number of rotatable bonds is 3. The molecule has 0 N–H and O–H groups in total. The van der Waals surface area contributed by atoms with E-state index in [-0.39, 0.29) is 5.97 Å². The molecule has 3 rings (SSSR count). The van der Waals surface area contributed by atoms with Gasteiger partial charge in [-0.3, -0.25) is 0 Å². The Kier molecular flexibility index (Phi) is 3.80. The lowest BCUT2D eigenvalue weighted by Crippen LogP contribution is -2.16. The standard InChI is InChI=1S/C16H16N2O2S/c1-11(10-17)20-16(19)14-12-6-2-3-7-13(12)21-15(14)18-8-4-5-9-18/h4-5,8-9,11H,2-3,6-7H2,1H3/t11-/m1/s1. The highest BCUT2D eigenvalue weighted by Crippen LogP contribution is 2.37. The molecule has 0 saturated heterocycles. The van der Waals surface area contributed by atoms with Gasteiger partial charge in [-0.2, -0.15) is 5.26 Å². The monoisotopic (exact) mass is 300 g/mol. The second kappa shape index (κ2) is 5.74. The van der Waals surface area contributed by atoms with Crippen LogP contribution in [0.25, 0.3) is 5.00 Å². The molecule has 0 bridgehead atoms. The molecule has 0 radical (unpaired) electrons. The van der Waals surface area contributed by atoms with E-state index < -0.39 is 6.10 Å². The zero-order valence-electron chi connectivity index (χ0n) is 11.8. The average Bonchev–Trinajstić information content (AvgIpc) is 3.13. The van der Waals surface area contributed by atoms with E-state index in [0.29, 0.717) is 5.56 Å². The van der Waals surface area contributed by atoms with Crippen LogP contribution >= 0.6 is 11.3 Å². The van der Waals surface area contributed by atoms with Gasteiger partial charge in [-0.15, -0.1) is 11.3 Å². The van der Waals surface area contributed by atoms with Crippen LogP contribution in [0.15, 0.2) is 24.5 Å². The molecule has 1 aliphatic rings. The second-order valence-corrected chi connectivity index (χ2v) is 6.24. The van der Waals surface area contributed by atoms with Crippen LogP contribution in [0.5, 0.6) is 0 Å². The molecule has 108 valence electrons. The minimum Gasteiger partial charge on any atom is -0.444 e. The van der Waals surface area contributed by atoms with Crippen molar-refractivity contribution in [2.24, 2.45) is 0 Å². The SMILES string of the molecule is C[C@H](C#N)OC(=O)c1c(-n2cccc2)sc2c1CCCC2. The Morgan fingerprint density at radius 2 is 2.10 bits per heavy atom. The van der Waals surface area contributed by atoms with Crippen molar-refractivity contribution in [1.29, 1.82) is 5.26 Å². The van der Waals surface area contributed by atoms with Crippen LogP contribution < -0.4 is 0 Å². The van der Waals surface area contributed by atoms with E-state index in [0.717, 1.165) is 29.8 Å². The molecule has 0 aromatic carbocycles. The molecule has 0 spiro atoms. The second-order valence-electron chi connectivity index (χ2n) is 5.16. The minimum atomic E-state index is -0.728. The number of nitriles is 1. The molecule has 0 saturated carbocycles. The molecule has 1 aliphatic carbocycles. The number of carbonyl (C=O) groups excluding carboxylic acids is 1. The number of esters is 1. The Hall–Kier alpha value is -2.06. The van der Waals surface area contributed by atoms with Gasteiger partial charge in [-0.25, -0.2) is 4.79 Å². The van der Waals surface area contributed by atoms with Gasteiger partial charge in [-0.05, 0) is 50.3 Å². The summed E-state index contributed by atoms with van der Waals surface area (Å²) in [7, 11) is 0. The number of nitrogens with zero attached hydrogens (tertiary/aromatic N) is 2. The first-order valence-electron chi connectivity index (χ1n) is 7.09. The van der Waals surface area contributed by atoms with Crippen molar-refractivity contribution in [2.45, 2.75) is 38.7 Å². The highest BCUT2D eigenvalue weighted by Gasteiger charge is 2.27. The van der Waals surface area contributed by atoms with Gasteiger partial charge in [0.1, 0.15) is 11.1 Å². The van der Waals surface area contributed by atoms with Crippen molar-refractivity contribution < 1.29 is 9.53 Å². The van der Waals surface area contributed by atoms with Gasteiger partial charge in [-0.1, -0.05) is 0 Å². The lowest BCUT2D eigenvalue weighted by atomic mass is 9.95. The van der Waals surface area contributed by atoms with Gasteiger partial charge in [0.2, 0.25) is 0 Å². The van der Waals surface area contributed by atoms with Crippen LogP contribution in [-0.4, -0.2) is 16.6 Å². The number of hydrogen-bond donors (Lipinski definition) is 0. The van der Waals surface area contributed by atoms with Crippen LogP contribution in [0, 0.1) is 11.3 Å². The average molecular weight is 300 g/mol. The van der Waals surface area contributed by atoms with E-state index in [1.54, 1.807) is 18.3 Å². The molecule has 21 heavy (non-hydrogen) atoms. The summed E-state index contributed by atoms with van der Waals surface area (Å²) in [4.78, 5) is 13.8. The lowest BCUT2D eigenvalue weighted by Gasteiger charge is -2.13. The fourth-order valence-corrected chi connectivity index (χ4v) is 4.00. The summed E-state index contributed by atoms with van der Waals surface area (Å²) < 4.78 is 7.20. The smallest absolute Gasteiger partial charge is 0.342 e. The Morgan fingerprint density at radius 1 is 1.38 bits per heavy atom. The highest BCUT2D eigenvalue weighted by molar-refractivity contribution is 7.15. The van der Waals surface area contributed by atoms with Crippen molar-refractivity contribution in [3.8, 4) is 11.1 Å². The number of thiophene rings is 1. The number of carbonyl (C=O) groups is 1. The number of fused-ring (bicyclic) bond motifs is 1. The van der Waals surface area contributed by atoms with Crippen LogP contribution in [0.4, 0.5) is 0 Å². The van der Waals surface area contributed by atoms with Crippen LogP contribution in [0.3, 0.4) is 0 Å². The number of aryl methyl sites for hydroxylation is 1. The quantitative estimate of drug-likeness (QED) is 0.815. The summed E-state index contributed by atoms with van der Waals surface area (Å²) in [6.45, 7) is 1.59. The largest absolute Gasteiger partial charge is 0.444 e. The Balaban J connectivity index is 2.06. The molecular weight excluding hydrogens is 284 g/mol. The normalized spacial score (nSPS) is 15.0. The van der Waals surface area contributed by atoms with Gasteiger partial charge < -0.3 is 9.30 Å². The topological polar surface area (TPSA) is 55.0 Å². The molecule has 5 heteroatoms. The van der Waals surface area contributed by atoms with E-state index in [1.165, 1.54) is 11.3 Å². The van der Waals surface area contributed by atoms with Crippen molar-refractivity contribution in [2.75, 3.05) is 0 Å². The number of ether oxygens (including phenoxy) is 1. The number of hydrogen-bond acceptors (Lipinski definition) is 4. The maximum absolute atomic E-state index is 12.5. The molecule has 0 fully saturated rings. The van der Waals surface area contributed by atoms with Gasteiger partial charge in [0.15, 0.2) is 6.10 Å². The first-order valence-corrected chi connectivity index (χ1v) is 7.91. The predicted octanol–water partition coefficient (Wildman–Crippen LogP) is 3.49. The third kappa shape index (κ3) is 2.59. The van der Waals surface area contributed by atoms with E-state index >= 15 is 0 Å². The van der Waals surface area contributed by atoms with Crippen molar-refractivity contribution in [3.63, 3.8) is 0 Å². The molecule has 2 heterocycles. The summed E-state index contributed by atoms with van der Waals surface area (Å²) in [6.07, 6.45) is 7.34. The van der Waals surface area contributed by atoms with E-state index in [4.69, 9.17) is 10.00 Å². The fraction of sp³-hybridized carbons (Fsp3) is 0.375. The Bertz CT molecular complexity index is 695. The maximum Gasteiger partial charge on any atom is 0.342 e. The Morgan fingerprint density at radius 3 is 2.81 bits per heavy atom. The van der Waals surface area contributed by atoms with Gasteiger partial charge in [0, 0.05) is 17.3 Å². The van der Waals surface area contributed by atoms with Crippen LogP contribution in [0.2, 0.25) is 0 Å². The summed E-state index contributed by atoms with van der Waals surface area (Å²) in [5.41, 5.74) is 1.76. The van der Waals surface area contributed by atoms with Gasteiger partial charge in [0.25, 0.3) is 0 Å². The maximum atomic E-state index is 12.5. The summed E-state index contributed by atoms with van der Waals surface area (Å²) in [6, 6.07) is 5.82. The van der Waals surface area contributed by atoms with Crippen LogP contribution in [-0.2, 0) is 17.6 Å². The minimum absolute atomic E-state index is 0.382. The zero-order valence-corrected chi connectivity index (χ0v) is 12.7. The number of aromatic nitrogens is 1. The molecule has 2 aromatic rings. The van der Waals surface area contributed by atoms with Crippen molar-refractivity contribution in [3.05, 3.63) is 40.5 Å². The molecule has 1 atom stereocenters. The van der Waals surface area contributed by atoms with Crippen molar-refractivity contribution >= 4 is 17.3 Å². The third-order valence-electron chi connectivity index (χ3n) is 3.66. The Labute approximate surface area is 127 Å². The first-order chi connectivity index (χ1) is 10.2. The van der Waals surface area contributed by atoms with Crippen molar-refractivity contribution in [1.82, 2.24) is 4.57 Å². The molecule has 0 unspecified atom stereocenters. The van der Waals surface area contributed by atoms with Gasteiger partial charge in [0.05, 0.1) is 5.56 Å². The first kappa shape index (κ1) is 13.9. The summed E-state index contributed by atoms with van der Waals surface area (Å²) >= 11 is 1.66. The molecule has 4 nitrogen and oxygen atoms in total. The van der Waals surface area contributed by atoms with Crippen LogP contribution in [0.1, 0.15) is 40.6 Å². The highest BCUT2D eigenvalue weighted by atomic mass is 32.1. The summed E-state index contributed by atoms with van der Waals surface area (Å²) in [5.74, 6) is -0.382. The molecule has 0 amide bonds. The molecule has 0 aliphatic heterocycles. The zero-order chi connectivity index (χ0) is 14.8.